The van der Waals surface area contributed by atoms with Crippen LogP contribution in [0.25, 0.3) is 49.3 Å². The van der Waals surface area contributed by atoms with E-state index in [0.717, 1.165) is 56.7 Å². The van der Waals surface area contributed by atoms with Crippen LogP contribution < -0.4 is 37.6 Å². The number of methoxy groups -OCH3 is 1. The van der Waals surface area contributed by atoms with Gasteiger partial charge in [0.2, 0.25) is 5.91 Å². The van der Waals surface area contributed by atoms with E-state index in [1.165, 1.54) is 60.0 Å². The number of aliphatic hydroxyl groups excluding tert-OH is 2. The first-order chi connectivity index (χ1) is 56.8. The number of pyridine rings is 1. The fourth-order valence-electron chi connectivity index (χ4n) is 13.8. The van der Waals surface area contributed by atoms with E-state index in [1.807, 2.05) is 20.9 Å². The molecular formula is C74H85N15O24S5. The number of likely N-dealkylation sites (N-methyl/N-ethyl adjacent to an activating group) is 1. The van der Waals surface area contributed by atoms with Gasteiger partial charge >= 0.3 is 11.9 Å². The molecule has 0 radical (unpaired) electrons. The van der Waals surface area contributed by atoms with Crippen molar-refractivity contribution in [2.75, 3.05) is 107 Å². The number of carbonyl (C=O) groups is 8. The third-order valence-corrected chi connectivity index (χ3v) is 24.0. The summed E-state index contributed by atoms with van der Waals surface area (Å²) in [5.41, 5.74) is 2.50. The molecule has 8 aromatic rings. The second-order valence-electron chi connectivity index (χ2n) is 27.5. The largest absolute Gasteiger partial charge is 0.506 e. The Labute approximate surface area is 692 Å². The van der Waals surface area contributed by atoms with Crippen LogP contribution in [0.5, 0.6) is 5.75 Å². The van der Waals surface area contributed by atoms with Crippen LogP contribution in [0.1, 0.15) is 125 Å². The standard InChI is InChI=1S/C74H85N15O24S5/c1-34(61(75)93)77-62(94)43-31-117-70(82-43)55-48(92)23-39-54(84-55)42-29-115-68(79-42)41-28-110-72(99)57-40-27-108-58(56(71-83-44(32-118-71)63(95)78-41)87-65(97)46-33-116-69(81-46)53(36(3)102-7)86-66(98)52(35(2)91)85-64(96)45-30-114-67(39)80-45)59(73(100)109-26-38-9-8-10-47(51(38)40)89(57)101)112-50-24-74(5)60(37(4)111-50)88(6)49(113-74)25-76-11-13-103-15-17-105-19-21-107-22-20-106-18-16-104-14-12-90/h8-10,23,29-33,35,37,41,49-50,52,56,58-60,76,90-92,101H,1,11-22,24-28H2,2-7H3,(H2,75,93)(H,77,94)(H,78,95)(H,85,96)(H,86,98)(H,87,97)/b53-36+. The quantitative estimate of drug-likeness (QED) is 0.0116. The molecule has 12 bridgehead atoms. The monoisotopic (exact) mass is 1730 g/mol. The molecule has 11 atom stereocenters. The summed E-state index contributed by atoms with van der Waals surface area (Å²) in [5, 5.41) is 68.1. The van der Waals surface area contributed by atoms with Gasteiger partial charge in [-0.25, -0.2) is 39.5 Å². The average Bonchev–Trinajstić information content (AvgIpc) is 1.59. The maximum atomic E-state index is 15.5. The van der Waals surface area contributed by atoms with Gasteiger partial charge in [-0.05, 0) is 52.4 Å². The molecule has 6 amide bonds. The molecule has 2 fully saturated rings. The summed E-state index contributed by atoms with van der Waals surface area (Å²) in [6.07, 6.45) is -7.70. The number of nitrogens with zero attached hydrogens (tertiary/aromatic N) is 8. The predicted octanol–water partition coefficient (Wildman–Crippen LogP) is 3.29. The first-order valence-electron chi connectivity index (χ1n) is 37.0. The number of rotatable bonds is 27. The second-order valence-corrected chi connectivity index (χ2v) is 31.9. The van der Waals surface area contributed by atoms with Crippen molar-refractivity contribution in [1.82, 2.24) is 71.4 Å². The molecule has 2 saturated heterocycles. The number of amides is 6. The molecule has 39 nitrogen and oxygen atoms in total. The van der Waals surface area contributed by atoms with Crippen molar-refractivity contribution in [3.8, 4) is 38.4 Å². The van der Waals surface area contributed by atoms with E-state index in [0.29, 0.717) is 82.8 Å². The van der Waals surface area contributed by atoms with Crippen molar-refractivity contribution in [3.05, 3.63) is 124 Å². The number of cyclic esters (lactones) is 2. The van der Waals surface area contributed by atoms with E-state index in [-0.39, 0.29) is 124 Å². The van der Waals surface area contributed by atoms with Gasteiger partial charge in [-0.15, -0.1) is 56.7 Å². The molecule has 12 N–H and O–H groups in total. The summed E-state index contributed by atoms with van der Waals surface area (Å²) >= 11 is 4.48. The Hall–Kier alpha value is -9.82. The third-order valence-electron chi connectivity index (χ3n) is 19.5. The summed E-state index contributed by atoms with van der Waals surface area (Å²) in [7, 11) is 3.22. The van der Waals surface area contributed by atoms with Gasteiger partial charge in [0.05, 0.1) is 121 Å². The van der Waals surface area contributed by atoms with Crippen LogP contribution >= 0.6 is 56.7 Å². The van der Waals surface area contributed by atoms with Crippen LogP contribution in [0, 0.1) is 0 Å². The predicted molar refractivity (Wildman–Crippen MR) is 421 cm³/mol. The number of thiazole rings is 5. The molecule has 5 aliphatic heterocycles. The number of aromatic hydroxyl groups is 1. The van der Waals surface area contributed by atoms with Gasteiger partial charge in [-0.1, -0.05) is 18.7 Å². The molecular weight excluding hydrogens is 1640 g/mol. The van der Waals surface area contributed by atoms with E-state index in [2.05, 4.69) is 58.3 Å². The molecule has 630 valence electrons. The lowest BCUT2D eigenvalue weighted by atomic mass is 9.86. The Bertz CT molecular complexity index is 5080. The van der Waals surface area contributed by atoms with Crippen LogP contribution in [0.2, 0.25) is 0 Å². The minimum atomic E-state index is -1.91. The molecule has 1 aromatic carbocycles. The molecule has 0 spiro atoms. The van der Waals surface area contributed by atoms with E-state index >= 15 is 19.2 Å². The number of ether oxygens (including phenoxy) is 12. The van der Waals surface area contributed by atoms with E-state index in [4.69, 9.17) is 82.6 Å². The van der Waals surface area contributed by atoms with Crippen molar-refractivity contribution < 1.29 is 116 Å². The lowest BCUT2D eigenvalue weighted by Crippen LogP contribution is -2.59. The number of hydrogen-bond donors (Lipinski definition) is 11. The minimum absolute atomic E-state index is 0.00303. The summed E-state index contributed by atoms with van der Waals surface area (Å²) in [5.74, 6) is -8.27. The zero-order chi connectivity index (χ0) is 83.6. The zero-order valence-corrected chi connectivity index (χ0v) is 68.4. The molecule has 7 aromatic heterocycles. The first kappa shape index (κ1) is 86.0. The van der Waals surface area contributed by atoms with Crippen LogP contribution in [0.4, 0.5) is 0 Å². The zero-order valence-electron chi connectivity index (χ0n) is 64.3. The van der Waals surface area contributed by atoms with E-state index in [1.54, 1.807) is 12.1 Å². The van der Waals surface area contributed by atoms with Gasteiger partial charge in [0.25, 0.3) is 29.5 Å². The van der Waals surface area contributed by atoms with Crippen LogP contribution in [-0.4, -0.2) is 269 Å². The number of fused-ring (bicyclic) bond motifs is 16. The topological polar surface area (TPSA) is 512 Å². The van der Waals surface area contributed by atoms with Gasteiger partial charge in [0.1, 0.15) is 126 Å². The number of nitrogens with one attached hydrogen (secondary N) is 6. The smallest absolute Gasteiger partial charge is 0.358 e. The Morgan fingerprint density at radius 3 is 2.12 bits per heavy atom. The summed E-state index contributed by atoms with van der Waals surface area (Å²) in [6, 6.07) is 0.838. The summed E-state index contributed by atoms with van der Waals surface area (Å²) < 4.78 is 73.8. The fourth-order valence-corrected chi connectivity index (χ4v) is 18.0. The Kier molecular flexibility index (Phi) is 28.1. The first-order valence-corrected chi connectivity index (χ1v) is 41.4. The van der Waals surface area contributed by atoms with Crippen molar-refractivity contribution in [1.29, 1.82) is 0 Å². The average molecular weight is 1730 g/mol. The number of benzene rings is 1. The van der Waals surface area contributed by atoms with Gasteiger partial charge in [-0.2, -0.15) is 4.73 Å². The van der Waals surface area contributed by atoms with Crippen molar-refractivity contribution >= 4 is 121 Å². The fraction of sp³-hybridized carbons (Fsp3) is 0.459. The van der Waals surface area contributed by atoms with Crippen molar-refractivity contribution in [3.63, 3.8) is 0 Å². The summed E-state index contributed by atoms with van der Waals surface area (Å²) in [6.45, 7) is 12.6. The lowest BCUT2D eigenvalue weighted by Gasteiger charge is -2.45. The second kappa shape index (κ2) is 38.5. The number of hydrogen-bond acceptors (Lipinski definition) is 37. The van der Waals surface area contributed by atoms with Crippen molar-refractivity contribution in [2.45, 2.75) is 114 Å². The van der Waals surface area contributed by atoms with Crippen LogP contribution in [0.15, 0.2) is 69.2 Å². The number of esters is 2. The molecule has 11 unspecified atom stereocenters. The van der Waals surface area contributed by atoms with Crippen LogP contribution in [-0.2, 0) is 84.4 Å². The number of nitrogens with two attached hydrogens (primary N) is 1. The number of allylic oxidation sites excluding steroid dienone is 1. The maximum Gasteiger partial charge on any atom is 0.358 e. The normalized spacial score (nSPS) is 23.2. The van der Waals surface area contributed by atoms with Gasteiger partial charge < -0.3 is 115 Å². The number of aliphatic hydroxyl groups is 2. The molecule has 12 heterocycles. The lowest BCUT2D eigenvalue weighted by molar-refractivity contribution is -0.269. The number of carbonyl (C=O) groups excluding carboxylic acids is 8. The van der Waals surface area contributed by atoms with Gasteiger partial charge in [0, 0.05) is 62.9 Å². The highest BCUT2D eigenvalue weighted by atomic mass is 32.1. The van der Waals surface area contributed by atoms with E-state index < -0.39 is 145 Å². The summed E-state index contributed by atoms with van der Waals surface area (Å²) in [4.78, 5) is 146. The van der Waals surface area contributed by atoms with Gasteiger partial charge in [0.15, 0.2) is 18.1 Å². The third kappa shape index (κ3) is 19.4. The Balaban J connectivity index is 0.843. The molecule has 13 rings (SSSR count). The molecule has 44 heteroatoms. The highest BCUT2D eigenvalue weighted by Gasteiger charge is 2.57. The number of aromatic nitrogens is 7. The minimum Gasteiger partial charge on any atom is -0.506 e. The SMILES string of the molecule is C=C(NC(=O)c1csc(-c2nc3c(cc2O)-c2nc(cs2)C(=O)NC(C(C)O)C(=O)N/C(=C(\C)OC)c2nc(cs2)C(=O)NC2c4nc(cs4)C(=O)NC(COC(=O)c4c5c6c(cccc6n4O)COC(=O)C(OC4CC6(C)OC(CNCCOCCOCCOCCOCCOCCO)N(C)C6C(C)O4)C2OC5)c2nc-3cs2)n1)C(N)=O. The highest BCUT2D eigenvalue weighted by Crippen LogP contribution is 2.45. The Morgan fingerprint density at radius 1 is 0.780 bits per heavy atom. The van der Waals surface area contributed by atoms with Gasteiger partial charge in [-0.3, -0.25) is 33.7 Å². The molecule has 118 heavy (non-hydrogen) atoms. The van der Waals surface area contributed by atoms with E-state index in [9.17, 15) is 34.6 Å². The molecule has 5 aliphatic rings. The Morgan fingerprint density at radius 2 is 1.42 bits per heavy atom. The maximum absolute atomic E-state index is 15.5. The number of primary amides is 1. The molecule has 0 aliphatic carbocycles. The van der Waals surface area contributed by atoms with Crippen LogP contribution in [0.3, 0.4) is 0 Å². The molecule has 0 saturated carbocycles. The highest BCUT2D eigenvalue weighted by molar-refractivity contribution is 7.14. The van der Waals surface area contributed by atoms with Crippen molar-refractivity contribution in [2.24, 2.45) is 5.73 Å².